The van der Waals surface area contributed by atoms with Gasteiger partial charge in [0.2, 0.25) is 5.91 Å². The van der Waals surface area contributed by atoms with Gasteiger partial charge >= 0.3 is 5.97 Å². The van der Waals surface area contributed by atoms with Crippen molar-refractivity contribution in [1.82, 2.24) is 4.90 Å². The summed E-state index contributed by atoms with van der Waals surface area (Å²) in [4.78, 5) is 44.1. The Bertz CT molecular complexity index is 1050. The van der Waals surface area contributed by atoms with Gasteiger partial charge in [0.15, 0.2) is 0 Å². The van der Waals surface area contributed by atoms with Crippen molar-refractivity contribution >= 4 is 62.8 Å². The Kier molecular flexibility index (Phi) is 7.71. The first-order valence-corrected chi connectivity index (χ1v) is 13.6. The van der Waals surface area contributed by atoms with Crippen molar-refractivity contribution in [3.05, 3.63) is 54.1 Å². The van der Waals surface area contributed by atoms with Crippen LogP contribution in [0.4, 0.5) is 5.69 Å². The molecule has 188 valence electrons. The zero-order valence-electron chi connectivity index (χ0n) is 19.4. The second-order valence-corrected chi connectivity index (χ2v) is 12.1. The van der Waals surface area contributed by atoms with Crippen LogP contribution < -0.4 is 4.90 Å². The fourth-order valence-corrected chi connectivity index (χ4v) is 9.72. The topological polar surface area (TPSA) is 87.2 Å². The number of likely N-dealkylation sites (tertiary alicyclic amines) is 1. The van der Waals surface area contributed by atoms with E-state index in [-0.39, 0.29) is 48.2 Å². The highest BCUT2D eigenvalue weighted by Gasteiger charge is 2.76. The number of ether oxygens (including phenoxy) is 1. The van der Waals surface area contributed by atoms with E-state index in [0.29, 0.717) is 17.1 Å². The molecule has 0 aromatic heterocycles. The number of aliphatic hydroxyl groups is 1. The Labute approximate surface area is 222 Å². The predicted octanol–water partition coefficient (Wildman–Crippen LogP) is 3.35. The van der Waals surface area contributed by atoms with Crippen LogP contribution in [0, 0.1) is 18.8 Å². The number of esters is 1. The Morgan fingerprint density at radius 2 is 2.14 bits per heavy atom. The maximum absolute atomic E-state index is 14.3. The molecule has 2 amide bonds. The van der Waals surface area contributed by atoms with Crippen molar-refractivity contribution in [3.8, 4) is 0 Å². The van der Waals surface area contributed by atoms with Gasteiger partial charge in [-0.25, -0.2) is 0 Å². The summed E-state index contributed by atoms with van der Waals surface area (Å²) in [7, 11) is 0. The maximum atomic E-state index is 14.3. The van der Waals surface area contributed by atoms with Crippen molar-refractivity contribution < 1.29 is 24.2 Å². The molecule has 3 aliphatic heterocycles. The summed E-state index contributed by atoms with van der Waals surface area (Å²) < 4.78 is 4.53. The molecule has 3 heterocycles. The summed E-state index contributed by atoms with van der Waals surface area (Å²) in [6, 6.07) is 4.52. The van der Waals surface area contributed by atoms with Crippen molar-refractivity contribution in [3.63, 3.8) is 0 Å². The Morgan fingerprint density at radius 1 is 1.40 bits per heavy atom. The lowest BCUT2D eigenvalue weighted by Crippen LogP contribution is -2.56. The normalized spacial score (nSPS) is 30.8. The fraction of sp³-hybridized carbons (Fsp3) is 0.480. The van der Waals surface area contributed by atoms with Crippen LogP contribution >= 0.6 is 39.3 Å². The number of hydrogen-bond acceptors (Lipinski definition) is 6. The van der Waals surface area contributed by atoms with Crippen molar-refractivity contribution in [2.24, 2.45) is 11.8 Å². The number of halogens is 2. The van der Waals surface area contributed by atoms with Crippen LogP contribution in [0.2, 0.25) is 5.02 Å². The van der Waals surface area contributed by atoms with Crippen LogP contribution in [0.1, 0.15) is 12.0 Å². The van der Waals surface area contributed by atoms with Gasteiger partial charge in [-0.05, 0) is 25.0 Å². The number of carbonyl (C=O) groups excluding carboxylic acids is 3. The van der Waals surface area contributed by atoms with Crippen LogP contribution in [0.25, 0.3) is 0 Å². The summed E-state index contributed by atoms with van der Waals surface area (Å²) >= 11 is 11.7. The first-order valence-electron chi connectivity index (χ1n) is 11.4. The standard InChI is InChI=1S/C25H28BrClN2O5S/c1-4-9-28(19-14(3)7-6-8-16(19)27)23(32)21-25-13-15(26)20(35-25)17(24(33)34-12-5-2)18(25)22(31)29(21)10-11-30/h4-8,15,17-18,20-21,30H,1-2,9-13H2,3H3/t15?,17-,18+,20-,21?,25?/m1/s1. The zero-order chi connectivity index (χ0) is 25.5. The Morgan fingerprint density at radius 3 is 2.77 bits per heavy atom. The van der Waals surface area contributed by atoms with Crippen molar-refractivity contribution in [2.75, 3.05) is 31.2 Å². The average molecular weight is 584 g/mol. The molecule has 1 spiro atoms. The van der Waals surface area contributed by atoms with E-state index in [1.165, 1.54) is 22.7 Å². The Balaban J connectivity index is 1.80. The first-order chi connectivity index (χ1) is 16.7. The number of alkyl halides is 1. The second-order valence-electron chi connectivity index (χ2n) is 8.98. The third kappa shape index (κ3) is 4.14. The molecule has 0 saturated carbocycles. The molecular formula is C25H28BrClN2O5S. The summed E-state index contributed by atoms with van der Waals surface area (Å²) in [5.74, 6) is -2.49. The largest absolute Gasteiger partial charge is 0.461 e. The maximum Gasteiger partial charge on any atom is 0.311 e. The highest BCUT2D eigenvalue weighted by atomic mass is 79.9. The van der Waals surface area contributed by atoms with Crippen LogP contribution in [0.3, 0.4) is 0 Å². The molecule has 4 rings (SSSR count). The smallest absolute Gasteiger partial charge is 0.311 e. The molecule has 3 saturated heterocycles. The summed E-state index contributed by atoms with van der Waals surface area (Å²) in [5, 5.41) is 10.0. The minimum atomic E-state index is -0.880. The molecule has 10 heteroatoms. The molecule has 1 aromatic rings. The molecule has 0 radical (unpaired) electrons. The van der Waals surface area contributed by atoms with Gasteiger partial charge in [0, 0.05) is 23.2 Å². The highest BCUT2D eigenvalue weighted by molar-refractivity contribution is 9.09. The van der Waals surface area contributed by atoms with Gasteiger partial charge in [0.1, 0.15) is 12.6 Å². The minimum Gasteiger partial charge on any atom is -0.461 e. The van der Waals surface area contributed by atoms with Crippen LogP contribution in [-0.4, -0.2) is 75.0 Å². The van der Waals surface area contributed by atoms with E-state index >= 15 is 0 Å². The van der Waals surface area contributed by atoms with Crippen molar-refractivity contribution in [2.45, 2.75) is 34.2 Å². The number of benzene rings is 1. The molecule has 1 aromatic carbocycles. The molecule has 7 nitrogen and oxygen atoms in total. The van der Waals surface area contributed by atoms with E-state index in [0.717, 1.165) is 5.56 Å². The number of para-hydroxylation sites is 1. The molecular weight excluding hydrogens is 556 g/mol. The van der Waals surface area contributed by atoms with E-state index in [1.54, 1.807) is 17.0 Å². The van der Waals surface area contributed by atoms with Crippen LogP contribution in [0.15, 0.2) is 43.5 Å². The number of aliphatic hydroxyl groups excluding tert-OH is 1. The lowest BCUT2D eigenvalue weighted by Gasteiger charge is -2.38. The van der Waals surface area contributed by atoms with Gasteiger partial charge in [-0.2, -0.15) is 0 Å². The average Bonchev–Trinajstić information content (AvgIpc) is 3.40. The molecule has 35 heavy (non-hydrogen) atoms. The number of amides is 2. The lowest BCUT2D eigenvalue weighted by atomic mass is 9.71. The number of nitrogens with zero attached hydrogens (tertiary/aromatic N) is 2. The lowest BCUT2D eigenvalue weighted by molar-refractivity contribution is -0.153. The second kappa shape index (κ2) is 10.3. The van der Waals surface area contributed by atoms with E-state index in [1.807, 2.05) is 19.1 Å². The number of fused-ring (bicyclic) bond motifs is 1. The SMILES string of the molecule is C=CCOC(=O)[C@H]1[C@@H]2SC3(CC2Br)C(C(=O)N(CC=C)c2c(C)cccc2Cl)N(CCO)C(=O)[C@H]13. The van der Waals surface area contributed by atoms with Gasteiger partial charge in [-0.1, -0.05) is 58.4 Å². The summed E-state index contributed by atoms with van der Waals surface area (Å²) in [5.41, 5.74) is 1.37. The van der Waals surface area contributed by atoms with Gasteiger partial charge in [-0.3, -0.25) is 14.4 Å². The molecule has 3 unspecified atom stereocenters. The number of thioether (sulfide) groups is 1. The van der Waals surface area contributed by atoms with Gasteiger partial charge in [-0.15, -0.1) is 18.3 Å². The molecule has 3 aliphatic rings. The van der Waals surface area contributed by atoms with Gasteiger partial charge in [0.05, 0.1) is 33.9 Å². The molecule has 2 bridgehead atoms. The highest BCUT2D eigenvalue weighted by Crippen LogP contribution is 2.68. The van der Waals surface area contributed by atoms with Crippen LogP contribution in [-0.2, 0) is 19.1 Å². The predicted molar refractivity (Wildman–Crippen MR) is 141 cm³/mol. The number of hydrogen-bond donors (Lipinski definition) is 1. The van der Waals surface area contributed by atoms with Crippen molar-refractivity contribution in [1.29, 1.82) is 0 Å². The third-order valence-electron chi connectivity index (χ3n) is 7.02. The molecule has 1 N–H and O–H groups in total. The van der Waals surface area contributed by atoms with Crippen LogP contribution in [0.5, 0.6) is 0 Å². The molecule has 6 atom stereocenters. The van der Waals surface area contributed by atoms with E-state index in [9.17, 15) is 19.5 Å². The van der Waals surface area contributed by atoms with E-state index < -0.39 is 28.6 Å². The third-order valence-corrected chi connectivity index (χ3v) is 10.5. The minimum absolute atomic E-state index is 0.0104. The van der Waals surface area contributed by atoms with E-state index in [2.05, 4.69) is 29.1 Å². The number of β-amino-alcohol motifs (C(OH)–C–C–N with tert-alkyl or cyclic N) is 1. The van der Waals surface area contributed by atoms with Gasteiger partial charge in [0.25, 0.3) is 5.91 Å². The summed E-state index contributed by atoms with van der Waals surface area (Å²) in [6.45, 7) is 9.20. The number of anilines is 1. The Hall–Kier alpha value is -1.81. The first kappa shape index (κ1) is 26.3. The molecule has 0 aliphatic carbocycles. The number of carbonyl (C=O) groups is 3. The quantitative estimate of drug-likeness (QED) is 0.273. The number of aryl methyl sites for hydroxylation is 1. The zero-order valence-corrected chi connectivity index (χ0v) is 22.5. The monoisotopic (exact) mass is 582 g/mol. The fourth-order valence-electron chi connectivity index (χ4n) is 5.80. The van der Waals surface area contributed by atoms with E-state index in [4.69, 9.17) is 16.3 Å². The number of rotatable bonds is 9. The summed E-state index contributed by atoms with van der Waals surface area (Å²) in [6.07, 6.45) is 3.64. The molecule has 3 fully saturated rings. The van der Waals surface area contributed by atoms with Gasteiger partial charge < -0.3 is 19.6 Å².